The normalized spacial score (nSPS) is 10.2. The number of hydrogen-bond donors (Lipinski definition) is 0. The first-order chi connectivity index (χ1) is 8.20. The molecule has 1 heterocycles. The van der Waals surface area contributed by atoms with Crippen LogP contribution in [0.15, 0.2) is 41.3 Å². The van der Waals surface area contributed by atoms with E-state index in [1.165, 1.54) is 7.11 Å². The standard InChI is InChI=1S/C12H11ClN2O2/c1-17-10-8-15(12(13)14-11(10)16)7-9-5-3-2-4-6-9/h2-6,8H,7H2,1H3. The summed E-state index contributed by atoms with van der Waals surface area (Å²) in [7, 11) is 1.43. The molecule has 0 aliphatic rings. The van der Waals surface area contributed by atoms with Gasteiger partial charge in [0.1, 0.15) is 0 Å². The van der Waals surface area contributed by atoms with Crippen molar-refractivity contribution in [3.63, 3.8) is 0 Å². The minimum atomic E-state index is -0.457. The van der Waals surface area contributed by atoms with Gasteiger partial charge in [-0.15, -0.1) is 0 Å². The van der Waals surface area contributed by atoms with Gasteiger partial charge < -0.3 is 9.30 Å². The van der Waals surface area contributed by atoms with Gasteiger partial charge in [-0.2, -0.15) is 4.98 Å². The van der Waals surface area contributed by atoms with Crippen LogP contribution in [-0.4, -0.2) is 16.7 Å². The zero-order chi connectivity index (χ0) is 12.3. The zero-order valence-corrected chi connectivity index (χ0v) is 10.0. The highest BCUT2D eigenvalue weighted by Gasteiger charge is 2.06. The summed E-state index contributed by atoms with van der Waals surface area (Å²) < 4.78 is 6.59. The number of nitrogens with zero attached hydrogens (tertiary/aromatic N) is 2. The summed E-state index contributed by atoms with van der Waals surface area (Å²) in [6.45, 7) is 0.545. The maximum atomic E-state index is 11.3. The highest BCUT2D eigenvalue weighted by Crippen LogP contribution is 2.11. The molecule has 2 aromatic rings. The van der Waals surface area contributed by atoms with E-state index < -0.39 is 5.56 Å². The largest absolute Gasteiger partial charge is 0.490 e. The summed E-state index contributed by atoms with van der Waals surface area (Å²) >= 11 is 5.90. The van der Waals surface area contributed by atoms with Crippen LogP contribution in [0, 0.1) is 0 Å². The zero-order valence-electron chi connectivity index (χ0n) is 9.26. The summed E-state index contributed by atoms with van der Waals surface area (Å²) in [5.74, 6) is 0.185. The lowest BCUT2D eigenvalue weighted by atomic mass is 10.2. The van der Waals surface area contributed by atoms with Gasteiger partial charge in [-0.25, -0.2) is 0 Å². The molecule has 5 heteroatoms. The highest BCUT2D eigenvalue weighted by atomic mass is 35.5. The molecule has 1 aromatic carbocycles. The van der Waals surface area contributed by atoms with Gasteiger partial charge in [0.2, 0.25) is 11.0 Å². The molecule has 0 atom stereocenters. The van der Waals surface area contributed by atoms with Crippen LogP contribution in [0.25, 0.3) is 0 Å². The molecule has 4 nitrogen and oxygen atoms in total. The second-order valence-corrected chi connectivity index (χ2v) is 3.84. The van der Waals surface area contributed by atoms with Crippen molar-refractivity contribution in [1.29, 1.82) is 0 Å². The molecule has 0 spiro atoms. The number of aromatic nitrogens is 2. The first kappa shape index (κ1) is 11.7. The first-order valence-electron chi connectivity index (χ1n) is 5.05. The van der Waals surface area contributed by atoms with Crippen molar-refractivity contribution in [3.05, 3.63) is 57.7 Å². The molecule has 1 aromatic heterocycles. The van der Waals surface area contributed by atoms with Crippen LogP contribution in [0.5, 0.6) is 5.75 Å². The molecule has 0 amide bonds. The summed E-state index contributed by atoms with van der Waals surface area (Å²) in [4.78, 5) is 15.0. The van der Waals surface area contributed by atoms with E-state index in [9.17, 15) is 4.79 Å². The number of rotatable bonds is 3. The minimum Gasteiger partial charge on any atom is -0.490 e. The third kappa shape index (κ3) is 2.65. The quantitative estimate of drug-likeness (QED) is 0.782. The average Bonchev–Trinajstić information content (AvgIpc) is 2.34. The Morgan fingerprint density at radius 3 is 2.71 bits per heavy atom. The topological polar surface area (TPSA) is 44.1 Å². The van der Waals surface area contributed by atoms with Crippen LogP contribution < -0.4 is 10.3 Å². The average molecular weight is 251 g/mol. The van der Waals surface area contributed by atoms with E-state index in [0.717, 1.165) is 5.56 Å². The van der Waals surface area contributed by atoms with Crippen molar-refractivity contribution >= 4 is 11.6 Å². The third-order valence-electron chi connectivity index (χ3n) is 2.33. The maximum absolute atomic E-state index is 11.3. The molecule has 0 bridgehead atoms. The Morgan fingerprint density at radius 1 is 1.35 bits per heavy atom. The summed E-state index contributed by atoms with van der Waals surface area (Å²) in [6, 6.07) is 9.77. The Hall–Kier alpha value is -1.81. The van der Waals surface area contributed by atoms with Gasteiger partial charge in [0.25, 0.3) is 0 Å². The lowest BCUT2D eigenvalue weighted by Crippen LogP contribution is -2.15. The van der Waals surface area contributed by atoms with Crippen LogP contribution in [-0.2, 0) is 6.54 Å². The van der Waals surface area contributed by atoms with Crippen molar-refractivity contribution in [3.8, 4) is 5.75 Å². The number of methoxy groups -OCH3 is 1. The lowest BCUT2D eigenvalue weighted by Gasteiger charge is -2.09. The fourth-order valence-electron chi connectivity index (χ4n) is 1.48. The summed E-state index contributed by atoms with van der Waals surface area (Å²) in [5, 5.41) is 0.152. The van der Waals surface area contributed by atoms with Crippen LogP contribution in [0.4, 0.5) is 0 Å². The van der Waals surface area contributed by atoms with Gasteiger partial charge in [0.05, 0.1) is 13.3 Å². The van der Waals surface area contributed by atoms with Gasteiger partial charge in [0.15, 0.2) is 0 Å². The minimum absolute atomic E-state index is 0.152. The van der Waals surface area contributed by atoms with Crippen molar-refractivity contribution in [1.82, 2.24) is 9.55 Å². The Morgan fingerprint density at radius 2 is 2.06 bits per heavy atom. The molecule has 0 unspecified atom stereocenters. The van der Waals surface area contributed by atoms with Gasteiger partial charge in [-0.1, -0.05) is 30.3 Å². The predicted octanol–water partition coefficient (Wildman–Crippen LogP) is 1.95. The van der Waals surface area contributed by atoms with E-state index >= 15 is 0 Å². The molecule has 0 saturated heterocycles. The van der Waals surface area contributed by atoms with E-state index in [4.69, 9.17) is 16.3 Å². The molecule has 0 fully saturated rings. The molecule has 0 aliphatic carbocycles. The van der Waals surface area contributed by atoms with Gasteiger partial charge in [-0.3, -0.25) is 4.79 Å². The molecule has 0 saturated carbocycles. The molecule has 17 heavy (non-hydrogen) atoms. The number of ether oxygens (including phenoxy) is 1. The summed E-state index contributed by atoms with van der Waals surface area (Å²) in [5.41, 5.74) is 0.615. The van der Waals surface area contributed by atoms with E-state index in [0.29, 0.717) is 6.54 Å². The molecular weight excluding hydrogens is 240 g/mol. The third-order valence-corrected chi connectivity index (χ3v) is 2.63. The Bertz CT molecular complexity index is 566. The van der Waals surface area contributed by atoms with Crippen molar-refractivity contribution in [2.45, 2.75) is 6.54 Å². The van der Waals surface area contributed by atoms with Gasteiger partial charge in [-0.05, 0) is 17.2 Å². The molecule has 88 valence electrons. The molecular formula is C12H11ClN2O2. The highest BCUT2D eigenvalue weighted by molar-refractivity contribution is 6.28. The SMILES string of the molecule is COc1cn(Cc2ccccc2)c(Cl)nc1=O. The fourth-order valence-corrected chi connectivity index (χ4v) is 1.67. The molecule has 0 radical (unpaired) electrons. The van der Waals surface area contributed by atoms with Gasteiger partial charge >= 0.3 is 5.56 Å². The Kier molecular flexibility index (Phi) is 3.44. The second kappa shape index (κ2) is 5.01. The van der Waals surface area contributed by atoms with Gasteiger partial charge in [0, 0.05) is 6.54 Å². The Balaban J connectivity index is 2.36. The monoisotopic (exact) mass is 250 g/mol. The molecule has 0 aliphatic heterocycles. The lowest BCUT2D eigenvalue weighted by molar-refractivity contribution is 0.402. The van der Waals surface area contributed by atoms with E-state index in [-0.39, 0.29) is 11.0 Å². The van der Waals surface area contributed by atoms with E-state index in [2.05, 4.69) is 4.98 Å². The fraction of sp³-hybridized carbons (Fsp3) is 0.167. The van der Waals surface area contributed by atoms with Crippen LogP contribution in [0.2, 0.25) is 5.28 Å². The van der Waals surface area contributed by atoms with Crippen LogP contribution in [0.3, 0.4) is 0 Å². The van der Waals surface area contributed by atoms with Crippen molar-refractivity contribution in [2.24, 2.45) is 0 Å². The van der Waals surface area contributed by atoms with Crippen LogP contribution in [0.1, 0.15) is 5.56 Å². The Labute approximate surface area is 103 Å². The second-order valence-electron chi connectivity index (χ2n) is 3.50. The summed E-state index contributed by atoms with van der Waals surface area (Å²) in [6.07, 6.45) is 1.56. The maximum Gasteiger partial charge on any atom is 0.316 e. The molecule has 2 rings (SSSR count). The number of halogens is 1. The smallest absolute Gasteiger partial charge is 0.316 e. The first-order valence-corrected chi connectivity index (χ1v) is 5.43. The molecule has 0 N–H and O–H groups in total. The number of hydrogen-bond acceptors (Lipinski definition) is 3. The predicted molar refractivity (Wildman–Crippen MR) is 65.6 cm³/mol. The van der Waals surface area contributed by atoms with Crippen LogP contribution >= 0.6 is 11.6 Å². The van der Waals surface area contributed by atoms with E-state index in [1.807, 2.05) is 30.3 Å². The van der Waals surface area contributed by atoms with E-state index in [1.54, 1.807) is 10.8 Å². The number of benzene rings is 1. The van der Waals surface area contributed by atoms with Crippen molar-refractivity contribution < 1.29 is 4.74 Å². The van der Waals surface area contributed by atoms with Crippen molar-refractivity contribution in [2.75, 3.05) is 7.11 Å².